The van der Waals surface area contributed by atoms with E-state index >= 15 is 0 Å². The number of primary amides is 1. The van der Waals surface area contributed by atoms with Crippen molar-refractivity contribution in [2.24, 2.45) is 5.73 Å². The van der Waals surface area contributed by atoms with Gasteiger partial charge in [-0.05, 0) is 40.8 Å². The van der Waals surface area contributed by atoms with Gasteiger partial charge in [0.1, 0.15) is 6.04 Å². The Morgan fingerprint density at radius 3 is 1.86 bits per heavy atom. The summed E-state index contributed by atoms with van der Waals surface area (Å²) in [4.78, 5) is 24.0. The standard InChI is InChI=1S/C21H23F3N2O2/c1-20(2,3)15-8-4-13(5-9-15)12-17(18(25)27)26-19(28)14-6-10-16(11-7-14)21(22,23)24/h4-11,17H,12H2,1-3H3,(H2,25,27)(H,26,28)/t17-/m0/s1. The molecule has 0 aliphatic carbocycles. The fourth-order valence-corrected chi connectivity index (χ4v) is 2.65. The van der Waals surface area contributed by atoms with Gasteiger partial charge in [-0.15, -0.1) is 0 Å². The summed E-state index contributed by atoms with van der Waals surface area (Å²) in [5.74, 6) is -1.39. The van der Waals surface area contributed by atoms with E-state index in [-0.39, 0.29) is 17.4 Å². The molecule has 0 fully saturated rings. The molecule has 0 spiro atoms. The minimum atomic E-state index is -4.48. The van der Waals surface area contributed by atoms with E-state index in [1.807, 2.05) is 24.3 Å². The van der Waals surface area contributed by atoms with Crippen LogP contribution in [-0.4, -0.2) is 17.9 Å². The fourth-order valence-electron chi connectivity index (χ4n) is 2.65. The summed E-state index contributed by atoms with van der Waals surface area (Å²) >= 11 is 0. The quantitative estimate of drug-likeness (QED) is 0.812. The third-order valence-corrected chi connectivity index (χ3v) is 4.38. The Morgan fingerprint density at radius 1 is 0.929 bits per heavy atom. The molecule has 2 amide bonds. The van der Waals surface area contributed by atoms with Gasteiger partial charge in [-0.2, -0.15) is 13.2 Å². The van der Waals surface area contributed by atoms with Crippen molar-refractivity contribution in [3.8, 4) is 0 Å². The van der Waals surface area contributed by atoms with E-state index in [1.165, 1.54) is 0 Å². The van der Waals surface area contributed by atoms with Crippen molar-refractivity contribution in [2.75, 3.05) is 0 Å². The van der Waals surface area contributed by atoms with Gasteiger partial charge in [-0.3, -0.25) is 9.59 Å². The highest BCUT2D eigenvalue weighted by atomic mass is 19.4. The molecule has 0 saturated heterocycles. The Hall–Kier alpha value is -2.83. The van der Waals surface area contributed by atoms with Crippen LogP contribution in [0, 0.1) is 0 Å². The molecular weight excluding hydrogens is 369 g/mol. The van der Waals surface area contributed by atoms with Crippen LogP contribution in [0.15, 0.2) is 48.5 Å². The molecule has 150 valence electrons. The number of carbonyl (C=O) groups excluding carboxylic acids is 2. The minimum absolute atomic E-state index is 0.0155. The van der Waals surface area contributed by atoms with Crippen molar-refractivity contribution in [2.45, 2.75) is 44.8 Å². The lowest BCUT2D eigenvalue weighted by Crippen LogP contribution is -2.45. The highest BCUT2D eigenvalue weighted by Crippen LogP contribution is 2.29. The first kappa shape index (κ1) is 21.5. The van der Waals surface area contributed by atoms with Crippen LogP contribution in [0.1, 0.15) is 47.8 Å². The van der Waals surface area contributed by atoms with E-state index in [0.717, 1.165) is 35.4 Å². The Bertz CT molecular complexity index is 836. The predicted octanol–water partition coefficient (Wildman–Crippen LogP) is 3.83. The summed E-state index contributed by atoms with van der Waals surface area (Å²) in [6.45, 7) is 6.25. The molecule has 0 unspecified atom stereocenters. The van der Waals surface area contributed by atoms with E-state index in [4.69, 9.17) is 5.73 Å². The maximum Gasteiger partial charge on any atom is 0.416 e. The van der Waals surface area contributed by atoms with Gasteiger partial charge in [0, 0.05) is 12.0 Å². The number of hydrogen-bond donors (Lipinski definition) is 2. The van der Waals surface area contributed by atoms with Crippen molar-refractivity contribution < 1.29 is 22.8 Å². The molecule has 0 aliphatic heterocycles. The molecule has 0 aromatic heterocycles. The third kappa shape index (κ3) is 5.58. The second kappa shape index (κ2) is 8.04. The van der Waals surface area contributed by atoms with E-state index in [1.54, 1.807) is 0 Å². The molecule has 0 saturated carbocycles. The van der Waals surface area contributed by atoms with E-state index in [2.05, 4.69) is 26.1 Å². The summed E-state index contributed by atoms with van der Waals surface area (Å²) in [5, 5.41) is 2.49. The van der Waals surface area contributed by atoms with Gasteiger partial charge in [-0.25, -0.2) is 0 Å². The number of amides is 2. The predicted molar refractivity (Wildman–Crippen MR) is 101 cm³/mol. The zero-order valence-electron chi connectivity index (χ0n) is 15.9. The first-order valence-corrected chi connectivity index (χ1v) is 8.75. The average molecular weight is 392 g/mol. The number of carbonyl (C=O) groups is 2. The first-order chi connectivity index (χ1) is 12.9. The lowest BCUT2D eigenvalue weighted by molar-refractivity contribution is -0.137. The van der Waals surface area contributed by atoms with Crippen molar-refractivity contribution in [3.05, 3.63) is 70.8 Å². The van der Waals surface area contributed by atoms with Gasteiger partial charge >= 0.3 is 6.18 Å². The van der Waals surface area contributed by atoms with E-state index in [9.17, 15) is 22.8 Å². The second-order valence-electron chi connectivity index (χ2n) is 7.65. The molecule has 0 radical (unpaired) electrons. The molecule has 7 heteroatoms. The van der Waals surface area contributed by atoms with E-state index < -0.39 is 29.6 Å². The molecule has 2 aromatic rings. The minimum Gasteiger partial charge on any atom is -0.368 e. The average Bonchev–Trinajstić information content (AvgIpc) is 2.60. The number of hydrogen-bond acceptors (Lipinski definition) is 2. The zero-order valence-corrected chi connectivity index (χ0v) is 15.9. The molecule has 4 nitrogen and oxygen atoms in total. The number of rotatable bonds is 5. The van der Waals surface area contributed by atoms with Crippen molar-refractivity contribution >= 4 is 11.8 Å². The van der Waals surface area contributed by atoms with Crippen LogP contribution in [0.3, 0.4) is 0 Å². The monoisotopic (exact) mass is 392 g/mol. The van der Waals surface area contributed by atoms with Gasteiger partial charge in [0.05, 0.1) is 5.56 Å². The Morgan fingerprint density at radius 2 is 1.43 bits per heavy atom. The Kier molecular flexibility index (Phi) is 6.17. The summed E-state index contributed by atoms with van der Waals surface area (Å²) in [6, 6.07) is 10.4. The van der Waals surface area contributed by atoms with Crippen molar-refractivity contribution in [1.29, 1.82) is 0 Å². The first-order valence-electron chi connectivity index (χ1n) is 8.75. The normalized spacial score (nSPS) is 13.1. The number of halogens is 3. The van der Waals surface area contributed by atoms with Crippen LogP contribution in [0.25, 0.3) is 0 Å². The highest BCUT2D eigenvalue weighted by molar-refractivity contribution is 5.97. The summed E-state index contributed by atoms with van der Waals surface area (Å²) in [6.07, 6.45) is -4.30. The zero-order chi connectivity index (χ0) is 21.1. The molecule has 2 rings (SSSR count). The third-order valence-electron chi connectivity index (χ3n) is 4.38. The molecule has 3 N–H and O–H groups in total. The Balaban J connectivity index is 2.10. The lowest BCUT2D eigenvalue weighted by Gasteiger charge is -2.20. The second-order valence-corrected chi connectivity index (χ2v) is 7.65. The van der Waals surface area contributed by atoms with Gasteiger partial charge in [0.2, 0.25) is 5.91 Å². The van der Waals surface area contributed by atoms with Crippen LogP contribution >= 0.6 is 0 Å². The largest absolute Gasteiger partial charge is 0.416 e. The smallest absolute Gasteiger partial charge is 0.368 e. The molecule has 0 aliphatic rings. The fraction of sp³-hybridized carbons (Fsp3) is 0.333. The molecule has 2 aromatic carbocycles. The van der Waals surface area contributed by atoms with Gasteiger partial charge in [0.15, 0.2) is 0 Å². The van der Waals surface area contributed by atoms with Gasteiger partial charge < -0.3 is 11.1 Å². The summed E-state index contributed by atoms with van der Waals surface area (Å²) in [5.41, 5.74) is 6.47. The number of nitrogens with two attached hydrogens (primary N) is 1. The summed E-state index contributed by atoms with van der Waals surface area (Å²) in [7, 11) is 0. The number of alkyl halides is 3. The van der Waals surface area contributed by atoms with Crippen LogP contribution in [0.2, 0.25) is 0 Å². The lowest BCUT2D eigenvalue weighted by atomic mass is 9.86. The van der Waals surface area contributed by atoms with Gasteiger partial charge in [0.25, 0.3) is 5.91 Å². The maximum atomic E-state index is 12.6. The highest BCUT2D eigenvalue weighted by Gasteiger charge is 2.30. The topological polar surface area (TPSA) is 72.2 Å². The molecule has 0 bridgehead atoms. The van der Waals surface area contributed by atoms with E-state index in [0.29, 0.717) is 0 Å². The number of nitrogens with one attached hydrogen (secondary N) is 1. The van der Waals surface area contributed by atoms with Crippen LogP contribution < -0.4 is 11.1 Å². The number of benzene rings is 2. The molecule has 0 heterocycles. The van der Waals surface area contributed by atoms with Crippen molar-refractivity contribution in [1.82, 2.24) is 5.32 Å². The maximum absolute atomic E-state index is 12.6. The Labute approximate surface area is 161 Å². The molecule has 28 heavy (non-hydrogen) atoms. The molecule has 1 atom stereocenters. The van der Waals surface area contributed by atoms with Gasteiger partial charge in [-0.1, -0.05) is 45.0 Å². The van der Waals surface area contributed by atoms with Crippen LogP contribution in [-0.2, 0) is 22.8 Å². The van der Waals surface area contributed by atoms with Crippen LogP contribution in [0.4, 0.5) is 13.2 Å². The van der Waals surface area contributed by atoms with Crippen molar-refractivity contribution in [3.63, 3.8) is 0 Å². The molecular formula is C21H23F3N2O2. The summed E-state index contributed by atoms with van der Waals surface area (Å²) < 4.78 is 37.9. The van der Waals surface area contributed by atoms with Crippen LogP contribution in [0.5, 0.6) is 0 Å². The SMILES string of the molecule is CC(C)(C)c1ccc(C[C@H](NC(=O)c2ccc(C(F)(F)F)cc2)C(N)=O)cc1.